The Hall–Kier alpha value is -2.14. The van der Waals surface area contributed by atoms with Gasteiger partial charge in [0.15, 0.2) is 0 Å². The summed E-state index contributed by atoms with van der Waals surface area (Å²) in [5.41, 5.74) is 7.61. The molecule has 5 heteroatoms. The second-order valence-electron chi connectivity index (χ2n) is 4.80. The molecule has 5 nitrogen and oxygen atoms in total. The van der Waals surface area contributed by atoms with Crippen molar-refractivity contribution in [1.29, 1.82) is 0 Å². The second kappa shape index (κ2) is 6.86. The van der Waals surface area contributed by atoms with E-state index in [1.807, 2.05) is 43.5 Å². The maximum atomic E-state index is 11.8. The van der Waals surface area contributed by atoms with Crippen LogP contribution in [0.1, 0.15) is 25.3 Å². The Morgan fingerprint density at radius 2 is 2.15 bits per heavy atom. The van der Waals surface area contributed by atoms with Gasteiger partial charge in [-0.25, -0.2) is 0 Å². The third kappa shape index (κ3) is 3.93. The molecule has 0 spiro atoms. The molecule has 2 aromatic rings. The van der Waals surface area contributed by atoms with E-state index in [2.05, 4.69) is 10.4 Å². The number of nitrogens with zero attached hydrogens (tertiary/aromatic N) is 2. The molecule has 20 heavy (non-hydrogen) atoms. The van der Waals surface area contributed by atoms with Crippen molar-refractivity contribution in [1.82, 2.24) is 9.78 Å². The highest BCUT2D eigenvalue weighted by Crippen LogP contribution is 2.09. The predicted molar refractivity (Wildman–Crippen MR) is 79.3 cm³/mol. The first kappa shape index (κ1) is 14.3. The Morgan fingerprint density at radius 1 is 1.40 bits per heavy atom. The molecule has 0 aliphatic rings. The van der Waals surface area contributed by atoms with Crippen molar-refractivity contribution in [3.05, 3.63) is 48.3 Å². The van der Waals surface area contributed by atoms with Gasteiger partial charge in [-0.2, -0.15) is 5.10 Å². The SMILES string of the molecule is CCCC(N)C(=O)Nc1cnn(Cc2ccccc2)c1. The van der Waals surface area contributed by atoms with E-state index in [1.54, 1.807) is 10.9 Å². The standard InChI is InChI=1S/C15H20N4O/c1-2-6-14(16)15(20)18-13-9-17-19(11-13)10-12-7-4-3-5-8-12/h3-5,7-9,11,14H,2,6,10,16H2,1H3,(H,18,20). The number of amides is 1. The number of nitrogens with two attached hydrogens (primary N) is 1. The van der Waals surface area contributed by atoms with E-state index in [9.17, 15) is 4.79 Å². The smallest absolute Gasteiger partial charge is 0.241 e. The van der Waals surface area contributed by atoms with Gasteiger partial charge < -0.3 is 11.1 Å². The maximum absolute atomic E-state index is 11.8. The number of hydrogen-bond acceptors (Lipinski definition) is 3. The minimum Gasteiger partial charge on any atom is -0.322 e. The van der Waals surface area contributed by atoms with Crippen molar-refractivity contribution in [2.75, 3.05) is 5.32 Å². The monoisotopic (exact) mass is 272 g/mol. The van der Waals surface area contributed by atoms with Crippen LogP contribution in [0.4, 0.5) is 5.69 Å². The van der Waals surface area contributed by atoms with Gasteiger partial charge >= 0.3 is 0 Å². The van der Waals surface area contributed by atoms with Gasteiger partial charge in [-0.1, -0.05) is 43.7 Å². The Labute approximate surface area is 118 Å². The summed E-state index contributed by atoms with van der Waals surface area (Å²) in [7, 11) is 0. The molecule has 0 saturated carbocycles. The molecule has 1 aromatic heterocycles. The van der Waals surface area contributed by atoms with E-state index in [0.29, 0.717) is 18.7 Å². The van der Waals surface area contributed by atoms with E-state index in [0.717, 1.165) is 12.0 Å². The molecule has 1 heterocycles. The molecule has 0 bridgehead atoms. The zero-order chi connectivity index (χ0) is 14.4. The van der Waals surface area contributed by atoms with E-state index >= 15 is 0 Å². The predicted octanol–water partition coefficient (Wildman–Crippen LogP) is 2.00. The average Bonchev–Trinajstić information content (AvgIpc) is 2.87. The number of carbonyl (C=O) groups excluding carboxylic acids is 1. The summed E-state index contributed by atoms with van der Waals surface area (Å²) in [6.45, 7) is 2.68. The maximum Gasteiger partial charge on any atom is 0.241 e. The first-order chi connectivity index (χ1) is 9.69. The van der Waals surface area contributed by atoms with Crippen LogP contribution < -0.4 is 11.1 Å². The average molecular weight is 272 g/mol. The zero-order valence-electron chi connectivity index (χ0n) is 11.6. The summed E-state index contributed by atoms with van der Waals surface area (Å²) in [5, 5.41) is 7.02. The van der Waals surface area contributed by atoms with Gasteiger partial charge in [0, 0.05) is 6.20 Å². The van der Waals surface area contributed by atoms with Crippen molar-refractivity contribution in [2.24, 2.45) is 5.73 Å². The third-order valence-corrected chi connectivity index (χ3v) is 3.02. The number of nitrogens with one attached hydrogen (secondary N) is 1. The molecule has 1 amide bonds. The number of hydrogen-bond donors (Lipinski definition) is 2. The van der Waals surface area contributed by atoms with Crippen LogP contribution in [-0.2, 0) is 11.3 Å². The van der Waals surface area contributed by atoms with E-state index in [4.69, 9.17) is 5.73 Å². The van der Waals surface area contributed by atoms with E-state index in [-0.39, 0.29) is 5.91 Å². The lowest BCUT2D eigenvalue weighted by Crippen LogP contribution is -2.35. The highest BCUT2D eigenvalue weighted by atomic mass is 16.2. The quantitative estimate of drug-likeness (QED) is 0.844. The number of benzene rings is 1. The van der Waals surface area contributed by atoms with Gasteiger partial charge in [-0.15, -0.1) is 0 Å². The van der Waals surface area contributed by atoms with Crippen molar-refractivity contribution in [3.8, 4) is 0 Å². The van der Waals surface area contributed by atoms with E-state index < -0.39 is 6.04 Å². The van der Waals surface area contributed by atoms with Crippen molar-refractivity contribution in [3.63, 3.8) is 0 Å². The minimum atomic E-state index is -0.461. The molecule has 0 aliphatic carbocycles. The fraction of sp³-hybridized carbons (Fsp3) is 0.333. The molecule has 0 radical (unpaired) electrons. The van der Waals surface area contributed by atoms with Gasteiger partial charge in [0.1, 0.15) is 0 Å². The lowest BCUT2D eigenvalue weighted by atomic mass is 10.2. The lowest BCUT2D eigenvalue weighted by molar-refractivity contribution is -0.117. The molecular formula is C15H20N4O. The second-order valence-corrected chi connectivity index (χ2v) is 4.80. The Morgan fingerprint density at radius 3 is 2.85 bits per heavy atom. The number of carbonyl (C=O) groups is 1. The van der Waals surface area contributed by atoms with Crippen LogP contribution in [-0.4, -0.2) is 21.7 Å². The molecule has 0 fully saturated rings. The lowest BCUT2D eigenvalue weighted by Gasteiger charge is -2.09. The Balaban J connectivity index is 1.94. The fourth-order valence-corrected chi connectivity index (χ4v) is 1.96. The summed E-state index contributed by atoms with van der Waals surface area (Å²) in [5.74, 6) is -0.161. The van der Waals surface area contributed by atoms with Crippen molar-refractivity contribution >= 4 is 11.6 Å². The normalized spacial score (nSPS) is 12.1. The Kier molecular flexibility index (Phi) is 4.90. The van der Waals surface area contributed by atoms with Crippen LogP contribution in [0.2, 0.25) is 0 Å². The van der Waals surface area contributed by atoms with E-state index in [1.165, 1.54) is 0 Å². The first-order valence-corrected chi connectivity index (χ1v) is 6.82. The van der Waals surface area contributed by atoms with Crippen LogP contribution in [0, 0.1) is 0 Å². The molecular weight excluding hydrogens is 252 g/mol. The zero-order valence-corrected chi connectivity index (χ0v) is 11.6. The molecule has 1 unspecified atom stereocenters. The number of rotatable bonds is 6. The molecule has 0 aliphatic heterocycles. The third-order valence-electron chi connectivity index (χ3n) is 3.02. The van der Waals surface area contributed by atoms with Crippen LogP contribution in [0.5, 0.6) is 0 Å². The number of aromatic nitrogens is 2. The van der Waals surface area contributed by atoms with Gasteiger partial charge in [0.05, 0.1) is 24.5 Å². The summed E-state index contributed by atoms with van der Waals surface area (Å²) in [6, 6.07) is 9.58. The van der Waals surface area contributed by atoms with Gasteiger partial charge in [-0.05, 0) is 12.0 Å². The van der Waals surface area contributed by atoms with Crippen LogP contribution >= 0.6 is 0 Å². The van der Waals surface area contributed by atoms with Crippen LogP contribution in [0.25, 0.3) is 0 Å². The highest BCUT2D eigenvalue weighted by Gasteiger charge is 2.13. The molecule has 2 rings (SSSR count). The summed E-state index contributed by atoms with van der Waals surface area (Å²) in [6.07, 6.45) is 5.02. The highest BCUT2D eigenvalue weighted by molar-refractivity contribution is 5.94. The van der Waals surface area contributed by atoms with Crippen molar-refractivity contribution < 1.29 is 4.79 Å². The number of anilines is 1. The van der Waals surface area contributed by atoms with Crippen molar-refractivity contribution in [2.45, 2.75) is 32.4 Å². The minimum absolute atomic E-state index is 0.161. The largest absolute Gasteiger partial charge is 0.322 e. The van der Waals surface area contributed by atoms with Gasteiger partial charge in [0.25, 0.3) is 0 Å². The summed E-state index contributed by atoms with van der Waals surface area (Å²) >= 11 is 0. The Bertz CT molecular complexity index is 550. The molecule has 106 valence electrons. The summed E-state index contributed by atoms with van der Waals surface area (Å²) in [4.78, 5) is 11.8. The van der Waals surface area contributed by atoms with Crippen LogP contribution in [0.15, 0.2) is 42.7 Å². The van der Waals surface area contributed by atoms with Crippen LogP contribution in [0.3, 0.4) is 0 Å². The first-order valence-electron chi connectivity index (χ1n) is 6.82. The molecule has 1 aromatic carbocycles. The fourth-order valence-electron chi connectivity index (χ4n) is 1.96. The molecule has 3 N–H and O–H groups in total. The summed E-state index contributed by atoms with van der Waals surface area (Å²) < 4.78 is 1.79. The topological polar surface area (TPSA) is 72.9 Å². The molecule has 1 atom stereocenters. The van der Waals surface area contributed by atoms with Gasteiger partial charge in [0.2, 0.25) is 5.91 Å². The molecule has 0 saturated heterocycles. The van der Waals surface area contributed by atoms with Gasteiger partial charge in [-0.3, -0.25) is 9.48 Å².